The van der Waals surface area contributed by atoms with Gasteiger partial charge in [0.1, 0.15) is 5.84 Å². The van der Waals surface area contributed by atoms with E-state index in [-0.39, 0.29) is 0 Å². The van der Waals surface area contributed by atoms with Gasteiger partial charge in [-0.1, -0.05) is 0 Å². The summed E-state index contributed by atoms with van der Waals surface area (Å²) in [6, 6.07) is 0. The van der Waals surface area contributed by atoms with Crippen LogP contribution in [-0.4, -0.2) is 18.1 Å². The number of hydrogen-bond acceptors (Lipinski definition) is 4. The number of hydrazine groups is 1. The number of thioether (sulfide) groups is 1. The summed E-state index contributed by atoms with van der Waals surface area (Å²) in [7, 11) is 0. The van der Waals surface area contributed by atoms with Crippen molar-refractivity contribution in [2.75, 3.05) is 12.3 Å². The largest absolute Gasteiger partial charge is 0.309 e. The van der Waals surface area contributed by atoms with Crippen LogP contribution in [0.5, 0.6) is 0 Å². The predicted molar refractivity (Wildman–Crippen MR) is 43.7 cm³/mol. The first-order valence-corrected chi connectivity index (χ1v) is 4.35. The number of hydrogen-bond donors (Lipinski definition) is 2. The molecule has 0 saturated carbocycles. The Morgan fingerprint density at radius 3 is 3.70 bits per heavy atom. The number of fused-ring (bicyclic) bond motifs is 1. The molecule has 2 aliphatic heterocycles. The fourth-order valence-corrected chi connectivity index (χ4v) is 1.83. The van der Waals surface area contributed by atoms with Crippen LogP contribution < -0.4 is 10.9 Å². The van der Waals surface area contributed by atoms with Gasteiger partial charge in [0.25, 0.3) is 0 Å². The highest BCUT2D eigenvalue weighted by molar-refractivity contribution is 8.02. The molecule has 0 amide bonds. The van der Waals surface area contributed by atoms with E-state index < -0.39 is 0 Å². The molecular weight excluding hydrogens is 146 g/mol. The molecule has 2 heterocycles. The molecule has 0 bridgehead atoms. The van der Waals surface area contributed by atoms with Crippen LogP contribution in [0, 0.1) is 5.92 Å². The molecule has 1 saturated heterocycles. The van der Waals surface area contributed by atoms with Crippen molar-refractivity contribution in [2.45, 2.75) is 0 Å². The Balaban J connectivity index is 2.18. The predicted octanol–water partition coefficient (Wildman–Crippen LogP) is 0.327. The van der Waals surface area contributed by atoms with Crippen molar-refractivity contribution in [3.05, 3.63) is 11.6 Å². The first-order chi connectivity index (χ1) is 4.97. The summed E-state index contributed by atoms with van der Waals surface area (Å²) in [5.41, 5.74) is 6.10. The monoisotopic (exact) mass is 155 g/mol. The third kappa shape index (κ3) is 1.04. The summed E-state index contributed by atoms with van der Waals surface area (Å²) in [6.07, 6.45) is 1.85. The fourth-order valence-electron chi connectivity index (χ4n) is 1.06. The molecule has 3 nitrogen and oxygen atoms in total. The average molecular weight is 155 g/mol. The van der Waals surface area contributed by atoms with Crippen molar-refractivity contribution in [1.82, 2.24) is 10.9 Å². The second-order valence-corrected chi connectivity index (χ2v) is 3.27. The highest BCUT2D eigenvalue weighted by atomic mass is 32.2. The van der Waals surface area contributed by atoms with Crippen molar-refractivity contribution in [3.63, 3.8) is 0 Å². The molecule has 1 atom stereocenters. The zero-order valence-electron chi connectivity index (χ0n) is 5.50. The first kappa shape index (κ1) is 6.24. The molecule has 10 heavy (non-hydrogen) atoms. The Kier molecular flexibility index (Phi) is 1.65. The zero-order valence-corrected chi connectivity index (χ0v) is 6.32. The van der Waals surface area contributed by atoms with Crippen LogP contribution in [0.2, 0.25) is 0 Å². The summed E-state index contributed by atoms with van der Waals surface area (Å²) in [4.78, 5) is 4.23. The topological polar surface area (TPSA) is 36.4 Å². The third-order valence-electron chi connectivity index (χ3n) is 1.62. The van der Waals surface area contributed by atoms with Crippen molar-refractivity contribution < 1.29 is 0 Å². The smallest absolute Gasteiger partial charge is 0.121 e. The number of rotatable bonds is 0. The van der Waals surface area contributed by atoms with Crippen LogP contribution in [-0.2, 0) is 0 Å². The minimum atomic E-state index is 0.583. The Morgan fingerprint density at radius 2 is 2.70 bits per heavy atom. The maximum atomic E-state index is 4.23. The summed E-state index contributed by atoms with van der Waals surface area (Å²) < 4.78 is 0. The van der Waals surface area contributed by atoms with Gasteiger partial charge in [0.05, 0.1) is 0 Å². The van der Waals surface area contributed by atoms with Gasteiger partial charge in [-0.05, 0) is 5.41 Å². The number of nitrogens with one attached hydrogen (secondary N) is 2. The van der Waals surface area contributed by atoms with Crippen LogP contribution in [0.15, 0.2) is 16.6 Å². The minimum absolute atomic E-state index is 0.583. The fraction of sp³-hybridized carbons (Fsp3) is 0.500. The van der Waals surface area contributed by atoms with E-state index in [1.165, 1.54) is 0 Å². The van der Waals surface area contributed by atoms with E-state index in [0.717, 1.165) is 18.1 Å². The second-order valence-electron chi connectivity index (χ2n) is 2.34. The lowest BCUT2D eigenvalue weighted by atomic mass is 10.2. The van der Waals surface area contributed by atoms with Crippen LogP contribution in [0.3, 0.4) is 0 Å². The summed E-state index contributed by atoms with van der Waals surface area (Å²) in [6.45, 7) is 1.01. The molecule has 0 aliphatic carbocycles. The SMILES string of the molecule is C1=CSCC2CNNC2=N1. The van der Waals surface area contributed by atoms with E-state index in [9.17, 15) is 0 Å². The number of nitrogens with zero attached hydrogens (tertiary/aromatic N) is 1. The van der Waals surface area contributed by atoms with Gasteiger partial charge >= 0.3 is 0 Å². The summed E-state index contributed by atoms with van der Waals surface area (Å²) >= 11 is 1.82. The van der Waals surface area contributed by atoms with Crippen LogP contribution in [0.1, 0.15) is 0 Å². The average Bonchev–Trinajstić information content (AvgIpc) is 2.28. The Hall–Kier alpha value is -0.480. The molecular formula is C6H9N3S. The lowest BCUT2D eigenvalue weighted by molar-refractivity contribution is 0.692. The first-order valence-electron chi connectivity index (χ1n) is 3.30. The van der Waals surface area contributed by atoms with E-state index in [1.807, 2.05) is 23.4 Å². The Bertz CT molecular complexity index is 187. The maximum absolute atomic E-state index is 4.23. The molecule has 1 fully saturated rings. The van der Waals surface area contributed by atoms with Crippen LogP contribution in [0.25, 0.3) is 0 Å². The van der Waals surface area contributed by atoms with E-state index in [1.54, 1.807) is 0 Å². The van der Waals surface area contributed by atoms with Crippen LogP contribution in [0.4, 0.5) is 0 Å². The lowest BCUT2D eigenvalue weighted by Crippen LogP contribution is -2.26. The molecule has 0 aromatic heterocycles. The molecule has 0 radical (unpaired) electrons. The van der Waals surface area contributed by atoms with Crippen molar-refractivity contribution >= 4 is 17.6 Å². The second kappa shape index (κ2) is 2.64. The van der Waals surface area contributed by atoms with E-state index in [0.29, 0.717) is 5.92 Å². The standard InChI is InChI=1S/C6H9N3S/c1-2-10-4-5-3-8-9-6(5)7-1/h1-2,5,8H,3-4H2,(H,7,9). The van der Waals surface area contributed by atoms with Gasteiger partial charge in [-0.3, -0.25) is 0 Å². The molecule has 0 aromatic carbocycles. The summed E-state index contributed by atoms with van der Waals surface area (Å²) in [5, 5.41) is 2.03. The molecule has 1 unspecified atom stereocenters. The molecule has 2 N–H and O–H groups in total. The normalized spacial score (nSPS) is 30.4. The van der Waals surface area contributed by atoms with Gasteiger partial charge in [-0.2, -0.15) is 0 Å². The van der Waals surface area contributed by atoms with E-state index in [4.69, 9.17) is 0 Å². The minimum Gasteiger partial charge on any atom is -0.309 e. The quantitative estimate of drug-likeness (QED) is 0.529. The molecule has 4 heteroatoms. The van der Waals surface area contributed by atoms with Gasteiger partial charge in [0.2, 0.25) is 0 Å². The van der Waals surface area contributed by atoms with E-state index >= 15 is 0 Å². The third-order valence-corrected chi connectivity index (χ3v) is 2.53. The van der Waals surface area contributed by atoms with Gasteiger partial charge in [-0.15, -0.1) is 11.8 Å². The Labute approximate surface area is 64.0 Å². The van der Waals surface area contributed by atoms with Gasteiger partial charge in [0.15, 0.2) is 0 Å². The van der Waals surface area contributed by atoms with Crippen molar-refractivity contribution in [1.29, 1.82) is 0 Å². The van der Waals surface area contributed by atoms with Crippen molar-refractivity contribution in [3.8, 4) is 0 Å². The van der Waals surface area contributed by atoms with E-state index in [2.05, 4.69) is 15.8 Å². The van der Waals surface area contributed by atoms with Crippen LogP contribution >= 0.6 is 11.8 Å². The van der Waals surface area contributed by atoms with Gasteiger partial charge in [0, 0.05) is 24.4 Å². The zero-order chi connectivity index (χ0) is 6.81. The lowest BCUT2D eigenvalue weighted by Gasteiger charge is -2.02. The molecule has 2 rings (SSSR count). The van der Waals surface area contributed by atoms with Crippen molar-refractivity contribution in [2.24, 2.45) is 10.9 Å². The van der Waals surface area contributed by atoms with Gasteiger partial charge < -0.3 is 5.43 Å². The Morgan fingerprint density at radius 1 is 1.70 bits per heavy atom. The number of amidine groups is 1. The molecule has 0 aromatic rings. The molecule has 0 spiro atoms. The highest BCUT2D eigenvalue weighted by Crippen LogP contribution is 2.15. The molecule has 54 valence electrons. The van der Waals surface area contributed by atoms with Gasteiger partial charge in [-0.25, -0.2) is 10.4 Å². The summed E-state index contributed by atoms with van der Waals surface area (Å²) in [5.74, 6) is 2.80. The molecule has 2 aliphatic rings. The maximum Gasteiger partial charge on any atom is 0.121 e. The highest BCUT2D eigenvalue weighted by Gasteiger charge is 2.21. The number of aliphatic imine (C=N–C) groups is 1.